The summed E-state index contributed by atoms with van der Waals surface area (Å²) in [6.45, 7) is 3.20. The van der Waals surface area contributed by atoms with Crippen LogP contribution in [0.1, 0.15) is 30.7 Å². The van der Waals surface area contributed by atoms with Crippen LogP contribution in [0, 0.1) is 0 Å². The molecule has 0 N–H and O–H groups in total. The van der Waals surface area contributed by atoms with Gasteiger partial charge in [0.25, 0.3) is 0 Å². The van der Waals surface area contributed by atoms with E-state index in [1.807, 2.05) is 24.3 Å². The lowest BCUT2D eigenvalue weighted by atomic mass is 10.1. The molecule has 0 fully saturated rings. The number of rotatable bonds is 6. The van der Waals surface area contributed by atoms with Crippen LogP contribution in [0.15, 0.2) is 60.9 Å². The van der Waals surface area contributed by atoms with E-state index < -0.39 is 11.9 Å². The van der Waals surface area contributed by atoms with Crippen molar-refractivity contribution in [3.05, 3.63) is 77.7 Å². The average molecular weight is 439 g/mol. The molecule has 0 atom stereocenters. The predicted molar refractivity (Wildman–Crippen MR) is 113 cm³/mol. The van der Waals surface area contributed by atoms with Gasteiger partial charge in [-0.05, 0) is 43.2 Å². The Labute approximate surface area is 182 Å². The van der Waals surface area contributed by atoms with Gasteiger partial charge in [-0.15, -0.1) is 5.10 Å². The summed E-state index contributed by atoms with van der Waals surface area (Å²) in [5.41, 5.74) is 2.61. The summed E-state index contributed by atoms with van der Waals surface area (Å²) < 4.78 is 43.1. The predicted octanol–water partition coefficient (Wildman–Crippen LogP) is 4.83. The van der Waals surface area contributed by atoms with Gasteiger partial charge in [0.05, 0.1) is 23.8 Å². The highest BCUT2D eigenvalue weighted by atomic mass is 19.4. The Kier molecular flexibility index (Phi) is 5.65. The standard InChI is InChI=1S/C23H20F3N5O/c1-3-17-13-27-31(22(17)23(24,25)26)19-9-7-18(8-10-19)21-14-30(29-28-21)20-6-4-5-16(12-20)11-15(2)32/h4-10,12-14H,3,11H2,1-2H3. The fourth-order valence-electron chi connectivity index (χ4n) is 3.53. The van der Waals surface area contributed by atoms with Crippen molar-refractivity contribution in [3.63, 3.8) is 0 Å². The lowest BCUT2D eigenvalue weighted by molar-refractivity contribution is -0.143. The summed E-state index contributed by atoms with van der Waals surface area (Å²) in [6, 6.07) is 13.9. The minimum Gasteiger partial charge on any atom is -0.300 e. The minimum atomic E-state index is -4.50. The van der Waals surface area contributed by atoms with E-state index >= 15 is 0 Å². The molecule has 0 aliphatic heterocycles. The smallest absolute Gasteiger partial charge is 0.300 e. The number of hydrogen-bond acceptors (Lipinski definition) is 4. The first-order valence-electron chi connectivity index (χ1n) is 10.0. The Morgan fingerprint density at radius 1 is 1.06 bits per heavy atom. The molecule has 2 aromatic heterocycles. The second-order valence-electron chi connectivity index (χ2n) is 7.43. The summed E-state index contributed by atoms with van der Waals surface area (Å²) in [4.78, 5) is 11.4. The fraction of sp³-hybridized carbons (Fsp3) is 0.217. The van der Waals surface area contributed by atoms with Crippen LogP contribution in [-0.2, 0) is 23.8 Å². The Hall–Kier alpha value is -3.75. The Morgan fingerprint density at radius 3 is 2.47 bits per heavy atom. The van der Waals surface area contributed by atoms with Crippen LogP contribution >= 0.6 is 0 Å². The molecule has 4 aromatic rings. The van der Waals surface area contributed by atoms with E-state index in [2.05, 4.69) is 15.4 Å². The quantitative estimate of drug-likeness (QED) is 0.432. The largest absolute Gasteiger partial charge is 0.433 e. The molecule has 0 radical (unpaired) electrons. The molecular formula is C23H20F3N5O. The maximum Gasteiger partial charge on any atom is 0.433 e. The second kappa shape index (κ2) is 8.41. The van der Waals surface area contributed by atoms with Crippen LogP contribution in [0.25, 0.3) is 22.6 Å². The number of carbonyl (C=O) groups excluding carboxylic acids is 1. The third-order valence-corrected chi connectivity index (χ3v) is 5.02. The molecule has 0 aliphatic rings. The van der Waals surface area contributed by atoms with Gasteiger partial charge >= 0.3 is 6.18 Å². The van der Waals surface area contributed by atoms with Crippen molar-refractivity contribution in [1.29, 1.82) is 0 Å². The number of nitrogens with zero attached hydrogens (tertiary/aromatic N) is 5. The summed E-state index contributed by atoms with van der Waals surface area (Å²) in [5, 5.41) is 12.3. The van der Waals surface area contributed by atoms with Gasteiger partial charge in [0.2, 0.25) is 0 Å². The van der Waals surface area contributed by atoms with Crippen molar-refractivity contribution in [2.75, 3.05) is 0 Å². The zero-order chi connectivity index (χ0) is 22.9. The van der Waals surface area contributed by atoms with Crippen LogP contribution in [-0.4, -0.2) is 30.6 Å². The van der Waals surface area contributed by atoms with Gasteiger partial charge in [0.1, 0.15) is 11.5 Å². The van der Waals surface area contributed by atoms with E-state index in [0.29, 0.717) is 23.4 Å². The Morgan fingerprint density at radius 2 is 1.81 bits per heavy atom. The van der Waals surface area contributed by atoms with E-state index in [-0.39, 0.29) is 17.8 Å². The lowest BCUT2D eigenvalue weighted by Crippen LogP contribution is -2.15. The highest BCUT2D eigenvalue weighted by Crippen LogP contribution is 2.34. The van der Waals surface area contributed by atoms with Gasteiger partial charge in [0.15, 0.2) is 5.69 Å². The number of alkyl halides is 3. The molecule has 0 bridgehead atoms. The second-order valence-corrected chi connectivity index (χ2v) is 7.43. The highest BCUT2D eigenvalue weighted by Gasteiger charge is 2.38. The van der Waals surface area contributed by atoms with Gasteiger partial charge in [-0.25, -0.2) is 9.36 Å². The SMILES string of the molecule is CCc1cnn(-c2ccc(-c3cn(-c4cccc(CC(C)=O)c4)nn3)cc2)c1C(F)(F)F. The molecule has 164 valence electrons. The van der Waals surface area contributed by atoms with Gasteiger partial charge < -0.3 is 0 Å². The maximum absolute atomic E-state index is 13.5. The van der Waals surface area contributed by atoms with Crippen molar-refractivity contribution in [2.24, 2.45) is 0 Å². The van der Waals surface area contributed by atoms with E-state index in [9.17, 15) is 18.0 Å². The van der Waals surface area contributed by atoms with E-state index in [1.54, 1.807) is 42.1 Å². The van der Waals surface area contributed by atoms with Gasteiger partial charge in [0, 0.05) is 17.5 Å². The van der Waals surface area contributed by atoms with Crippen molar-refractivity contribution in [3.8, 4) is 22.6 Å². The first-order chi connectivity index (χ1) is 15.3. The van der Waals surface area contributed by atoms with Crippen molar-refractivity contribution >= 4 is 5.78 Å². The molecular weight excluding hydrogens is 419 g/mol. The lowest BCUT2D eigenvalue weighted by Gasteiger charge is -2.12. The number of ketones is 1. The van der Waals surface area contributed by atoms with Crippen LogP contribution in [0.4, 0.5) is 13.2 Å². The normalized spacial score (nSPS) is 11.7. The molecule has 0 aliphatic carbocycles. The minimum absolute atomic E-state index is 0.0680. The molecule has 2 heterocycles. The number of aryl methyl sites for hydroxylation is 1. The molecule has 0 unspecified atom stereocenters. The Bertz CT molecular complexity index is 1260. The Balaban J connectivity index is 1.61. The van der Waals surface area contributed by atoms with Crippen molar-refractivity contribution < 1.29 is 18.0 Å². The third kappa shape index (κ3) is 4.32. The highest BCUT2D eigenvalue weighted by molar-refractivity contribution is 5.78. The average Bonchev–Trinajstić information content (AvgIpc) is 3.41. The number of Topliss-reactive ketones (excluding diaryl/α,β-unsaturated/α-hetero) is 1. The zero-order valence-electron chi connectivity index (χ0n) is 17.5. The molecule has 9 heteroatoms. The molecule has 0 amide bonds. The first-order valence-corrected chi connectivity index (χ1v) is 10.0. The van der Waals surface area contributed by atoms with E-state index in [4.69, 9.17) is 0 Å². The molecule has 0 saturated carbocycles. The van der Waals surface area contributed by atoms with Gasteiger partial charge in [-0.1, -0.05) is 36.4 Å². The summed E-state index contributed by atoms with van der Waals surface area (Å²) in [7, 11) is 0. The number of benzene rings is 2. The van der Waals surface area contributed by atoms with E-state index in [1.165, 1.54) is 13.1 Å². The van der Waals surface area contributed by atoms with Gasteiger partial charge in [-0.2, -0.15) is 18.3 Å². The summed E-state index contributed by atoms with van der Waals surface area (Å²) >= 11 is 0. The number of hydrogen-bond donors (Lipinski definition) is 0. The van der Waals surface area contributed by atoms with Crippen LogP contribution in [0.2, 0.25) is 0 Å². The van der Waals surface area contributed by atoms with Crippen molar-refractivity contribution in [2.45, 2.75) is 32.9 Å². The van der Waals surface area contributed by atoms with Gasteiger partial charge in [-0.3, -0.25) is 4.79 Å². The fourth-order valence-corrected chi connectivity index (χ4v) is 3.53. The van der Waals surface area contributed by atoms with Crippen LogP contribution in [0.5, 0.6) is 0 Å². The zero-order valence-corrected chi connectivity index (χ0v) is 17.5. The summed E-state index contributed by atoms with van der Waals surface area (Å²) in [6.07, 6.45) is -0.942. The summed E-state index contributed by atoms with van der Waals surface area (Å²) in [5.74, 6) is 0.0680. The molecule has 4 rings (SSSR count). The number of halogens is 3. The molecule has 0 saturated heterocycles. The maximum atomic E-state index is 13.5. The monoisotopic (exact) mass is 439 g/mol. The topological polar surface area (TPSA) is 65.6 Å². The third-order valence-electron chi connectivity index (χ3n) is 5.02. The molecule has 0 spiro atoms. The van der Waals surface area contributed by atoms with Crippen LogP contribution < -0.4 is 0 Å². The van der Waals surface area contributed by atoms with Crippen LogP contribution in [0.3, 0.4) is 0 Å². The molecule has 2 aromatic carbocycles. The first kappa shape index (κ1) is 21.5. The van der Waals surface area contributed by atoms with Crippen molar-refractivity contribution in [1.82, 2.24) is 24.8 Å². The number of aromatic nitrogens is 5. The number of carbonyl (C=O) groups is 1. The molecule has 6 nitrogen and oxygen atoms in total. The van der Waals surface area contributed by atoms with E-state index in [0.717, 1.165) is 15.9 Å². The molecule has 32 heavy (non-hydrogen) atoms.